The predicted octanol–water partition coefficient (Wildman–Crippen LogP) is 3.31. The summed E-state index contributed by atoms with van der Waals surface area (Å²) in [7, 11) is 0. The number of nitrogens with one attached hydrogen (secondary N) is 1. The second kappa shape index (κ2) is 9.00. The molecule has 2 nitrogen and oxygen atoms in total. The lowest BCUT2D eigenvalue weighted by molar-refractivity contribution is 0.266. The third-order valence-corrected chi connectivity index (χ3v) is 4.00. The normalized spacial score (nSPS) is 15.4. The van der Waals surface area contributed by atoms with E-state index in [9.17, 15) is 0 Å². The highest BCUT2D eigenvalue weighted by Gasteiger charge is 2.25. The Hall–Kier alpha value is -0.0800. The van der Waals surface area contributed by atoms with Gasteiger partial charge >= 0.3 is 0 Å². The summed E-state index contributed by atoms with van der Waals surface area (Å²) < 4.78 is 0. The van der Waals surface area contributed by atoms with Crippen molar-refractivity contribution in [3.63, 3.8) is 0 Å². The minimum atomic E-state index is 0.193. The molecule has 0 radical (unpaired) electrons. The Labute approximate surface area is 102 Å². The Morgan fingerprint density at radius 2 is 1.75 bits per heavy atom. The molecule has 0 aliphatic heterocycles. The maximum atomic E-state index is 5.97. The molecule has 16 heavy (non-hydrogen) atoms. The second-order valence-corrected chi connectivity index (χ2v) is 5.00. The molecule has 0 saturated heterocycles. The summed E-state index contributed by atoms with van der Waals surface area (Å²) in [6, 6.07) is 0. The molecule has 3 N–H and O–H groups in total. The van der Waals surface area contributed by atoms with Crippen LogP contribution in [-0.2, 0) is 0 Å². The molecular weight excluding hydrogens is 196 g/mol. The summed E-state index contributed by atoms with van der Waals surface area (Å²) in [4.78, 5) is 0. The van der Waals surface area contributed by atoms with Crippen LogP contribution in [-0.4, -0.2) is 18.6 Å². The van der Waals surface area contributed by atoms with Gasteiger partial charge in [0.1, 0.15) is 0 Å². The predicted molar refractivity (Wildman–Crippen MR) is 73.7 cm³/mol. The third kappa shape index (κ3) is 5.31. The SMILES string of the molecule is CCCCC(CC)(CN)NCC(CC)CC. The van der Waals surface area contributed by atoms with Crippen molar-refractivity contribution < 1.29 is 0 Å². The molecule has 0 heterocycles. The first-order chi connectivity index (χ1) is 7.67. The average molecular weight is 228 g/mol. The Balaban J connectivity index is 4.19. The first kappa shape index (κ1) is 15.9. The molecule has 0 amide bonds. The zero-order valence-corrected chi connectivity index (χ0v) is 11.8. The van der Waals surface area contributed by atoms with Crippen molar-refractivity contribution in [2.24, 2.45) is 11.7 Å². The van der Waals surface area contributed by atoms with Gasteiger partial charge in [-0.05, 0) is 25.3 Å². The summed E-state index contributed by atoms with van der Waals surface area (Å²) in [5.41, 5.74) is 6.16. The Morgan fingerprint density at radius 3 is 2.12 bits per heavy atom. The van der Waals surface area contributed by atoms with Gasteiger partial charge in [0.15, 0.2) is 0 Å². The summed E-state index contributed by atoms with van der Waals surface area (Å²) in [5.74, 6) is 0.805. The van der Waals surface area contributed by atoms with Crippen LogP contribution < -0.4 is 11.1 Å². The van der Waals surface area contributed by atoms with Gasteiger partial charge in [0, 0.05) is 12.1 Å². The number of nitrogens with two attached hydrogens (primary N) is 1. The zero-order chi connectivity index (χ0) is 12.4. The third-order valence-electron chi connectivity index (χ3n) is 4.00. The van der Waals surface area contributed by atoms with Crippen LogP contribution in [0.25, 0.3) is 0 Å². The molecule has 1 atom stereocenters. The summed E-state index contributed by atoms with van der Waals surface area (Å²) >= 11 is 0. The van der Waals surface area contributed by atoms with E-state index >= 15 is 0 Å². The van der Waals surface area contributed by atoms with E-state index in [4.69, 9.17) is 5.73 Å². The Kier molecular flexibility index (Phi) is 8.96. The van der Waals surface area contributed by atoms with Crippen molar-refractivity contribution in [1.82, 2.24) is 5.32 Å². The minimum Gasteiger partial charge on any atom is -0.329 e. The molecule has 0 bridgehead atoms. The minimum absolute atomic E-state index is 0.193. The summed E-state index contributed by atoms with van der Waals surface area (Å²) in [5, 5.41) is 3.74. The van der Waals surface area contributed by atoms with Crippen LogP contribution in [0, 0.1) is 5.92 Å². The fourth-order valence-corrected chi connectivity index (χ4v) is 2.16. The van der Waals surface area contributed by atoms with Crippen molar-refractivity contribution in [1.29, 1.82) is 0 Å². The van der Waals surface area contributed by atoms with E-state index in [1.165, 1.54) is 32.1 Å². The average Bonchev–Trinajstić information content (AvgIpc) is 2.35. The van der Waals surface area contributed by atoms with Crippen LogP contribution >= 0.6 is 0 Å². The zero-order valence-electron chi connectivity index (χ0n) is 11.8. The van der Waals surface area contributed by atoms with Gasteiger partial charge in [-0.2, -0.15) is 0 Å². The van der Waals surface area contributed by atoms with E-state index in [0.717, 1.165) is 25.4 Å². The maximum absolute atomic E-state index is 5.97. The van der Waals surface area contributed by atoms with Gasteiger partial charge in [-0.15, -0.1) is 0 Å². The van der Waals surface area contributed by atoms with Gasteiger partial charge in [0.25, 0.3) is 0 Å². The molecule has 0 saturated carbocycles. The molecule has 0 spiro atoms. The lowest BCUT2D eigenvalue weighted by Gasteiger charge is -2.34. The first-order valence-electron chi connectivity index (χ1n) is 7.13. The quantitative estimate of drug-likeness (QED) is 0.602. The summed E-state index contributed by atoms with van der Waals surface area (Å²) in [6.07, 6.45) is 7.43. The molecule has 0 aromatic carbocycles. The Morgan fingerprint density at radius 1 is 1.12 bits per heavy atom. The molecule has 0 aliphatic carbocycles. The van der Waals surface area contributed by atoms with Crippen LogP contribution in [0.1, 0.15) is 66.2 Å². The molecule has 0 aromatic heterocycles. The number of rotatable bonds is 10. The van der Waals surface area contributed by atoms with Crippen molar-refractivity contribution in [3.05, 3.63) is 0 Å². The number of hydrogen-bond donors (Lipinski definition) is 2. The smallest absolute Gasteiger partial charge is 0.0301 e. The molecule has 1 unspecified atom stereocenters. The van der Waals surface area contributed by atoms with Crippen molar-refractivity contribution in [2.75, 3.05) is 13.1 Å². The second-order valence-electron chi connectivity index (χ2n) is 5.00. The first-order valence-corrected chi connectivity index (χ1v) is 7.13. The lowest BCUT2D eigenvalue weighted by Crippen LogP contribution is -2.52. The fraction of sp³-hybridized carbons (Fsp3) is 1.00. The lowest BCUT2D eigenvalue weighted by atomic mass is 9.88. The standard InChI is InChI=1S/C14H32N2/c1-5-9-10-14(8-4,12-15)16-11-13(6-2)7-3/h13,16H,5-12,15H2,1-4H3. The van der Waals surface area contributed by atoms with E-state index in [0.29, 0.717) is 0 Å². The van der Waals surface area contributed by atoms with Crippen molar-refractivity contribution >= 4 is 0 Å². The van der Waals surface area contributed by atoms with Crippen molar-refractivity contribution in [3.8, 4) is 0 Å². The number of hydrogen-bond acceptors (Lipinski definition) is 2. The van der Waals surface area contributed by atoms with Crippen LogP contribution in [0.5, 0.6) is 0 Å². The molecule has 0 fully saturated rings. The topological polar surface area (TPSA) is 38.0 Å². The number of unbranched alkanes of at least 4 members (excludes halogenated alkanes) is 1. The molecule has 0 rings (SSSR count). The fourth-order valence-electron chi connectivity index (χ4n) is 2.16. The van der Waals surface area contributed by atoms with Crippen LogP contribution in [0.3, 0.4) is 0 Å². The van der Waals surface area contributed by atoms with Gasteiger partial charge in [0.05, 0.1) is 0 Å². The van der Waals surface area contributed by atoms with Crippen LogP contribution in [0.2, 0.25) is 0 Å². The van der Waals surface area contributed by atoms with E-state index in [1.807, 2.05) is 0 Å². The highest BCUT2D eigenvalue weighted by atomic mass is 15.0. The van der Waals surface area contributed by atoms with Gasteiger partial charge in [0.2, 0.25) is 0 Å². The Bertz CT molecular complexity index is 149. The largest absolute Gasteiger partial charge is 0.329 e. The van der Waals surface area contributed by atoms with Gasteiger partial charge in [-0.1, -0.05) is 53.4 Å². The van der Waals surface area contributed by atoms with E-state index in [1.54, 1.807) is 0 Å². The summed E-state index contributed by atoms with van der Waals surface area (Å²) in [6.45, 7) is 10.9. The molecule has 98 valence electrons. The van der Waals surface area contributed by atoms with E-state index in [2.05, 4.69) is 33.0 Å². The van der Waals surface area contributed by atoms with Gasteiger partial charge < -0.3 is 11.1 Å². The molecule has 2 heteroatoms. The van der Waals surface area contributed by atoms with Crippen LogP contribution in [0.15, 0.2) is 0 Å². The van der Waals surface area contributed by atoms with Crippen molar-refractivity contribution in [2.45, 2.75) is 71.8 Å². The van der Waals surface area contributed by atoms with Gasteiger partial charge in [-0.3, -0.25) is 0 Å². The van der Waals surface area contributed by atoms with E-state index < -0.39 is 0 Å². The van der Waals surface area contributed by atoms with E-state index in [-0.39, 0.29) is 5.54 Å². The highest BCUT2D eigenvalue weighted by molar-refractivity contribution is 4.88. The van der Waals surface area contributed by atoms with Crippen LogP contribution in [0.4, 0.5) is 0 Å². The molecular formula is C14H32N2. The highest BCUT2D eigenvalue weighted by Crippen LogP contribution is 2.18. The van der Waals surface area contributed by atoms with Gasteiger partial charge in [-0.25, -0.2) is 0 Å². The monoisotopic (exact) mass is 228 g/mol. The molecule has 0 aromatic rings. The molecule has 0 aliphatic rings. The maximum Gasteiger partial charge on any atom is 0.0301 e.